The molecule has 9 heteroatoms. The van der Waals surface area contributed by atoms with Crippen LogP contribution in [0.15, 0.2) is 47.8 Å². The summed E-state index contributed by atoms with van der Waals surface area (Å²) in [5.74, 6) is 1.12. The van der Waals surface area contributed by atoms with Crippen molar-refractivity contribution in [2.24, 2.45) is 0 Å². The largest absolute Gasteiger partial charge is 0.493 e. The molecule has 33 heavy (non-hydrogen) atoms. The number of carbonyl (C=O) groups is 1. The molecule has 1 aromatic heterocycles. The number of nitrogens with one attached hydrogen (secondary N) is 1. The van der Waals surface area contributed by atoms with Crippen LogP contribution in [0, 0.1) is 17.0 Å². The summed E-state index contributed by atoms with van der Waals surface area (Å²) in [6.07, 6.45) is 0.765. The average Bonchev–Trinajstić information content (AvgIpc) is 3.33. The first-order valence-corrected chi connectivity index (χ1v) is 11.4. The lowest BCUT2D eigenvalue weighted by Crippen LogP contribution is -2.41. The molecule has 0 unspecified atom stereocenters. The zero-order valence-corrected chi connectivity index (χ0v) is 19.5. The third-order valence-electron chi connectivity index (χ3n) is 5.84. The highest BCUT2D eigenvalue weighted by Gasteiger charge is 2.32. The number of ether oxygens (including phenoxy) is 2. The number of rotatable bonds is 7. The molecule has 2 heterocycles. The Bertz CT molecular complexity index is 1180. The van der Waals surface area contributed by atoms with Crippen molar-refractivity contribution in [3.63, 3.8) is 0 Å². The second-order valence-electron chi connectivity index (χ2n) is 7.85. The normalized spacial score (nSPS) is 15.5. The summed E-state index contributed by atoms with van der Waals surface area (Å²) in [7, 11) is 3.23. The molecule has 172 valence electrons. The highest BCUT2D eigenvalue weighted by molar-refractivity contribution is 7.10. The van der Waals surface area contributed by atoms with Gasteiger partial charge in [0.1, 0.15) is 0 Å². The number of anilines is 1. The first-order valence-electron chi connectivity index (χ1n) is 10.5. The molecule has 0 aliphatic carbocycles. The quantitative estimate of drug-likeness (QED) is 0.404. The molecule has 1 amide bonds. The Hall–Kier alpha value is -3.43. The molecule has 1 N–H and O–H groups in total. The van der Waals surface area contributed by atoms with E-state index >= 15 is 0 Å². The lowest BCUT2D eigenvalue weighted by molar-refractivity contribution is -0.384. The number of nitrogens with zero attached hydrogens (tertiary/aromatic N) is 2. The van der Waals surface area contributed by atoms with Gasteiger partial charge in [0.2, 0.25) is 5.91 Å². The summed E-state index contributed by atoms with van der Waals surface area (Å²) in [4.78, 5) is 26.9. The number of non-ortho nitro benzene ring substituents is 1. The number of hydrogen-bond donors (Lipinski definition) is 1. The van der Waals surface area contributed by atoms with Crippen molar-refractivity contribution in [3.05, 3.63) is 79.5 Å². The van der Waals surface area contributed by atoms with Gasteiger partial charge in [-0.1, -0.05) is 12.1 Å². The summed E-state index contributed by atoms with van der Waals surface area (Å²) >= 11 is 1.64. The fraction of sp³-hybridized carbons (Fsp3) is 0.292. The molecule has 0 saturated heterocycles. The number of benzene rings is 2. The van der Waals surface area contributed by atoms with Crippen LogP contribution in [0.25, 0.3) is 0 Å². The molecule has 0 bridgehead atoms. The van der Waals surface area contributed by atoms with Crippen LogP contribution >= 0.6 is 11.3 Å². The van der Waals surface area contributed by atoms with Crippen molar-refractivity contribution < 1.29 is 19.2 Å². The Labute approximate surface area is 195 Å². The maximum atomic E-state index is 13.0. The zero-order chi connectivity index (χ0) is 23.5. The molecule has 0 radical (unpaired) electrons. The van der Waals surface area contributed by atoms with Crippen LogP contribution in [0.2, 0.25) is 0 Å². The first kappa shape index (κ1) is 22.8. The van der Waals surface area contributed by atoms with Crippen molar-refractivity contribution in [1.82, 2.24) is 4.90 Å². The van der Waals surface area contributed by atoms with Crippen LogP contribution in [0.5, 0.6) is 11.5 Å². The Morgan fingerprint density at radius 2 is 1.97 bits per heavy atom. The van der Waals surface area contributed by atoms with E-state index in [1.54, 1.807) is 31.6 Å². The predicted octanol–water partition coefficient (Wildman–Crippen LogP) is 4.57. The fourth-order valence-electron chi connectivity index (χ4n) is 4.18. The maximum absolute atomic E-state index is 13.0. The molecular formula is C24H25N3O5S. The van der Waals surface area contributed by atoms with Gasteiger partial charge in [0.15, 0.2) is 11.5 Å². The van der Waals surface area contributed by atoms with Crippen molar-refractivity contribution in [3.8, 4) is 11.5 Å². The van der Waals surface area contributed by atoms with Gasteiger partial charge in [-0.25, -0.2) is 0 Å². The van der Waals surface area contributed by atoms with Crippen LogP contribution in [-0.2, 0) is 11.2 Å². The van der Waals surface area contributed by atoms with Gasteiger partial charge in [-0.15, -0.1) is 11.3 Å². The number of amides is 1. The van der Waals surface area contributed by atoms with Gasteiger partial charge in [-0.3, -0.25) is 19.8 Å². The SMILES string of the molecule is COc1cc2c(cc1OC)[C@H](c1cccs1)N(CC(=O)Nc1cc([N+](=O)[O-])ccc1C)CC2. The third kappa shape index (κ3) is 4.69. The van der Waals surface area contributed by atoms with Crippen molar-refractivity contribution >= 4 is 28.6 Å². The summed E-state index contributed by atoms with van der Waals surface area (Å²) in [5, 5.41) is 16.0. The molecule has 1 aliphatic heterocycles. The zero-order valence-electron chi connectivity index (χ0n) is 18.7. The summed E-state index contributed by atoms with van der Waals surface area (Å²) < 4.78 is 11.0. The summed E-state index contributed by atoms with van der Waals surface area (Å²) in [6.45, 7) is 2.65. The molecule has 0 fully saturated rings. The Balaban J connectivity index is 1.62. The van der Waals surface area contributed by atoms with Crippen LogP contribution in [0.3, 0.4) is 0 Å². The van der Waals surface area contributed by atoms with Gasteiger partial charge >= 0.3 is 0 Å². The van der Waals surface area contributed by atoms with E-state index in [0.717, 1.165) is 28.0 Å². The first-order chi connectivity index (χ1) is 15.9. The van der Waals surface area contributed by atoms with Gasteiger partial charge in [0.05, 0.1) is 37.4 Å². The minimum atomic E-state index is -0.467. The average molecular weight is 468 g/mol. The molecule has 4 rings (SSSR count). The van der Waals surface area contributed by atoms with Crippen LogP contribution < -0.4 is 14.8 Å². The van der Waals surface area contributed by atoms with Crippen molar-refractivity contribution in [2.75, 3.05) is 32.6 Å². The number of aryl methyl sites for hydroxylation is 1. The Morgan fingerprint density at radius 1 is 1.21 bits per heavy atom. The second kappa shape index (κ2) is 9.60. The van der Waals surface area contributed by atoms with E-state index in [1.807, 2.05) is 30.5 Å². The van der Waals surface area contributed by atoms with Gasteiger partial charge in [0.25, 0.3) is 5.69 Å². The van der Waals surface area contributed by atoms with E-state index in [2.05, 4.69) is 16.3 Å². The number of nitro groups is 1. The van der Waals surface area contributed by atoms with E-state index in [4.69, 9.17) is 9.47 Å². The summed E-state index contributed by atoms with van der Waals surface area (Å²) in [6, 6.07) is 12.4. The van der Waals surface area contributed by atoms with Gasteiger partial charge in [-0.2, -0.15) is 0 Å². The van der Waals surface area contributed by atoms with E-state index in [0.29, 0.717) is 23.7 Å². The standard InChI is InChI=1S/C24H25N3O5S/c1-15-6-7-17(27(29)30)12-19(15)25-23(28)14-26-9-8-16-11-20(31-2)21(32-3)13-18(16)24(26)22-5-4-10-33-22/h4-7,10-13,24H,8-9,14H2,1-3H3,(H,25,28)/t24-/m1/s1. The Kier molecular flexibility index (Phi) is 6.62. The van der Waals surface area contributed by atoms with Crippen molar-refractivity contribution in [1.29, 1.82) is 0 Å². The van der Waals surface area contributed by atoms with Crippen LogP contribution in [-0.4, -0.2) is 43.0 Å². The molecule has 1 atom stereocenters. The number of thiophene rings is 1. The lowest BCUT2D eigenvalue weighted by atomic mass is 9.91. The monoisotopic (exact) mass is 467 g/mol. The fourth-order valence-corrected chi connectivity index (χ4v) is 5.06. The van der Waals surface area contributed by atoms with E-state index < -0.39 is 4.92 Å². The number of fused-ring (bicyclic) bond motifs is 1. The van der Waals surface area contributed by atoms with E-state index in [1.165, 1.54) is 12.1 Å². The molecular weight excluding hydrogens is 442 g/mol. The van der Waals surface area contributed by atoms with Gasteiger partial charge < -0.3 is 14.8 Å². The smallest absolute Gasteiger partial charge is 0.271 e. The lowest BCUT2D eigenvalue weighted by Gasteiger charge is -2.37. The van der Waals surface area contributed by atoms with Gasteiger partial charge in [0, 0.05) is 23.6 Å². The minimum Gasteiger partial charge on any atom is -0.493 e. The topological polar surface area (TPSA) is 93.9 Å². The second-order valence-corrected chi connectivity index (χ2v) is 8.83. The number of methoxy groups -OCH3 is 2. The minimum absolute atomic E-state index is 0.0553. The van der Waals surface area contributed by atoms with E-state index in [-0.39, 0.29) is 24.2 Å². The molecule has 0 spiro atoms. The molecule has 1 aliphatic rings. The van der Waals surface area contributed by atoms with Crippen molar-refractivity contribution in [2.45, 2.75) is 19.4 Å². The number of hydrogen-bond acceptors (Lipinski definition) is 7. The molecule has 3 aromatic rings. The molecule has 2 aromatic carbocycles. The van der Waals surface area contributed by atoms with Crippen LogP contribution in [0.4, 0.5) is 11.4 Å². The third-order valence-corrected chi connectivity index (χ3v) is 6.76. The van der Waals surface area contributed by atoms with Crippen LogP contribution in [0.1, 0.15) is 27.6 Å². The maximum Gasteiger partial charge on any atom is 0.271 e. The number of carbonyl (C=O) groups excluding carboxylic acids is 1. The number of nitro benzene ring substituents is 1. The highest BCUT2D eigenvalue weighted by atomic mass is 32.1. The molecule has 8 nitrogen and oxygen atoms in total. The molecule has 0 saturated carbocycles. The highest BCUT2D eigenvalue weighted by Crippen LogP contribution is 2.42. The van der Waals surface area contributed by atoms with E-state index in [9.17, 15) is 14.9 Å². The predicted molar refractivity (Wildman–Crippen MR) is 127 cm³/mol. The summed E-state index contributed by atoms with van der Waals surface area (Å²) in [5.41, 5.74) is 3.41. The van der Waals surface area contributed by atoms with Gasteiger partial charge in [-0.05, 0) is 53.6 Å². The Morgan fingerprint density at radius 3 is 2.64 bits per heavy atom.